The highest BCUT2D eigenvalue weighted by atomic mass is 35.5. The average Bonchev–Trinajstić information content (AvgIpc) is 2.91. The number of nitrogens with zero attached hydrogens (tertiary/aromatic N) is 3. The molecule has 2 aromatic heterocycles. The molecule has 0 bridgehead atoms. The van der Waals surface area contributed by atoms with Gasteiger partial charge in [0.2, 0.25) is 0 Å². The SMILES string of the molecule is CCc1nc2c(c(NCc3nc4ccccc4c(=O)[nH]3)n1)CCNCC2.Cl.Cl. The van der Waals surface area contributed by atoms with Gasteiger partial charge in [-0.2, -0.15) is 0 Å². The van der Waals surface area contributed by atoms with Crippen molar-refractivity contribution in [1.29, 1.82) is 0 Å². The number of aryl methyl sites for hydroxylation is 1. The van der Waals surface area contributed by atoms with Crippen LogP contribution in [-0.4, -0.2) is 33.0 Å². The molecule has 0 spiro atoms. The van der Waals surface area contributed by atoms with Crippen LogP contribution in [-0.2, 0) is 25.8 Å². The minimum absolute atomic E-state index is 0. The number of benzene rings is 1. The number of halogens is 2. The third kappa shape index (κ3) is 4.60. The molecule has 28 heavy (non-hydrogen) atoms. The molecule has 3 N–H and O–H groups in total. The predicted octanol–water partition coefficient (Wildman–Crippen LogP) is 2.42. The number of fused-ring (bicyclic) bond motifs is 2. The summed E-state index contributed by atoms with van der Waals surface area (Å²) in [5, 5.41) is 7.38. The van der Waals surface area contributed by atoms with E-state index in [-0.39, 0.29) is 30.4 Å². The van der Waals surface area contributed by atoms with E-state index in [2.05, 4.69) is 32.5 Å². The summed E-state index contributed by atoms with van der Waals surface area (Å²) in [6.07, 6.45) is 2.59. The van der Waals surface area contributed by atoms with Gasteiger partial charge in [0.15, 0.2) is 0 Å². The minimum Gasteiger partial charge on any atom is -0.362 e. The molecule has 0 radical (unpaired) electrons. The lowest BCUT2D eigenvalue weighted by atomic mass is 10.1. The van der Waals surface area contributed by atoms with Gasteiger partial charge in [0, 0.05) is 24.9 Å². The molecule has 0 saturated heterocycles. The van der Waals surface area contributed by atoms with Gasteiger partial charge in [-0.15, -0.1) is 24.8 Å². The van der Waals surface area contributed by atoms with E-state index >= 15 is 0 Å². The van der Waals surface area contributed by atoms with Crippen LogP contribution in [0.15, 0.2) is 29.1 Å². The van der Waals surface area contributed by atoms with Crippen molar-refractivity contribution in [3.05, 3.63) is 57.5 Å². The molecule has 150 valence electrons. The average molecular weight is 423 g/mol. The van der Waals surface area contributed by atoms with Crippen LogP contribution < -0.4 is 16.2 Å². The number of H-pyrrole nitrogens is 1. The van der Waals surface area contributed by atoms with Crippen LogP contribution in [0.25, 0.3) is 10.9 Å². The molecule has 3 heterocycles. The summed E-state index contributed by atoms with van der Waals surface area (Å²) in [6, 6.07) is 7.36. The fourth-order valence-corrected chi connectivity index (χ4v) is 3.29. The Morgan fingerprint density at radius 3 is 2.68 bits per heavy atom. The van der Waals surface area contributed by atoms with Gasteiger partial charge < -0.3 is 15.6 Å². The first kappa shape index (κ1) is 22.1. The molecule has 1 aliphatic heterocycles. The standard InChI is InChI=1S/C19H22N6O.2ClH/c1-2-16-22-15-8-10-20-9-7-12(15)18(24-16)21-11-17-23-14-6-4-3-5-13(14)19(26)25-17;;/h3-6,20H,2,7-11H2,1H3,(H,21,22,24)(H,23,25,26);2*1H. The molecule has 0 aliphatic carbocycles. The predicted molar refractivity (Wildman–Crippen MR) is 116 cm³/mol. The van der Waals surface area contributed by atoms with Crippen LogP contribution in [0.3, 0.4) is 0 Å². The zero-order valence-electron chi connectivity index (χ0n) is 15.6. The third-order valence-corrected chi connectivity index (χ3v) is 4.63. The van der Waals surface area contributed by atoms with Crippen molar-refractivity contribution >= 4 is 41.5 Å². The van der Waals surface area contributed by atoms with Crippen LogP contribution in [0.1, 0.15) is 29.8 Å². The second kappa shape index (κ2) is 9.82. The number of aromatic nitrogens is 4. The summed E-state index contributed by atoms with van der Waals surface area (Å²) in [6.45, 7) is 4.33. The van der Waals surface area contributed by atoms with E-state index in [1.165, 1.54) is 0 Å². The van der Waals surface area contributed by atoms with E-state index in [0.717, 1.165) is 55.3 Å². The largest absolute Gasteiger partial charge is 0.362 e. The molecule has 0 unspecified atom stereocenters. The van der Waals surface area contributed by atoms with Crippen molar-refractivity contribution in [2.45, 2.75) is 32.7 Å². The van der Waals surface area contributed by atoms with Crippen LogP contribution in [0, 0.1) is 0 Å². The van der Waals surface area contributed by atoms with Crippen molar-refractivity contribution < 1.29 is 0 Å². The van der Waals surface area contributed by atoms with Gasteiger partial charge in [0.1, 0.15) is 17.5 Å². The van der Waals surface area contributed by atoms with Crippen LogP contribution in [0.5, 0.6) is 0 Å². The summed E-state index contributed by atoms with van der Waals surface area (Å²) in [7, 11) is 0. The van der Waals surface area contributed by atoms with Gasteiger partial charge in [-0.05, 0) is 25.1 Å². The van der Waals surface area contributed by atoms with Crippen LogP contribution in [0.4, 0.5) is 5.82 Å². The highest BCUT2D eigenvalue weighted by molar-refractivity contribution is 5.85. The Hall–Kier alpha value is -2.22. The van der Waals surface area contributed by atoms with Crippen molar-refractivity contribution in [3.8, 4) is 0 Å². The lowest BCUT2D eigenvalue weighted by molar-refractivity contribution is 0.708. The number of para-hydroxylation sites is 1. The minimum atomic E-state index is -0.118. The number of hydrogen-bond acceptors (Lipinski definition) is 6. The summed E-state index contributed by atoms with van der Waals surface area (Å²) in [4.78, 5) is 29.0. The number of rotatable bonds is 4. The van der Waals surface area contributed by atoms with Gasteiger partial charge >= 0.3 is 0 Å². The molecular weight excluding hydrogens is 399 g/mol. The van der Waals surface area contributed by atoms with E-state index in [1.807, 2.05) is 18.2 Å². The molecule has 1 aromatic carbocycles. The maximum Gasteiger partial charge on any atom is 0.258 e. The van der Waals surface area contributed by atoms with E-state index in [9.17, 15) is 4.79 Å². The zero-order chi connectivity index (χ0) is 17.9. The Morgan fingerprint density at radius 2 is 1.86 bits per heavy atom. The Balaban J connectivity index is 0.00000140. The number of anilines is 1. The Kier molecular flexibility index (Phi) is 7.74. The molecule has 0 amide bonds. The number of hydrogen-bond donors (Lipinski definition) is 3. The lowest BCUT2D eigenvalue weighted by Crippen LogP contribution is -2.17. The molecule has 3 aromatic rings. The summed E-state index contributed by atoms with van der Waals surface area (Å²) < 4.78 is 0. The molecule has 4 rings (SSSR count). The van der Waals surface area contributed by atoms with Gasteiger partial charge in [-0.1, -0.05) is 19.1 Å². The molecule has 1 aliphatic rings. The molecule has 0 fully saturated rings. The maximum absolute atomic E-state index is 12.2. The fourth-order valence-electron chi connectivity index (χ4n) is 3.29. The first-order valence-electron chi connectivity index (χ1n) is 9.06. The van der Waals surface area contributed by atoms with Crippen LogP contribution in [0.2, 0.25) is 0 Å². The van der Waals surface area contributed by atoms with E-state index < -0.39 is 0 Å². The number of aromatic amines is 1. The smallest absolute Gasteiger partial charge is 0.258 e. The molecule has 0 atom stereocenters. The number of nitrogens with one attached hydrogen (secondary N) is 3. The van der Waals surface area contributed by atoms with E-state index in [0.29, 0.717) is 23.3 Å². The monoisotopic (exact) mass is 422 g/mol. The molecule has 9 heteroatoms. The summed E-state index contributed by atoms with van der Waals surface area (Å²) in [5.41, 5.74) is 2.86. The Morgan fingerprint density at radius 1 is 1.07 bits per heavy atom. The molecule has 7 nitrogen and oxygen atoms in total. The van der Waals surface area contributed by atoms with Crippen molar-refractivity contribution in [1.82, 2.24) is 25.3 Å². The first-order valence-corrected chi connectivity index (χ1v) is 9.06. The van der Waals surface area contributed by atoms with E-state index in [1.54, 1.807) is 6.07 Å². The summed E-state index contributed by atoms with van der Waals surface area (Å²) >= 11 is 0. The molecular formula is C19H24Cl2N6O. The maximum atomic E-state index is 12.2. The van der Waals surface area contributed by atoms with Crippen molar-refractivity contribution in [3.63, 3.8) is 0 Å². The van der Waals surface area contributed by atoms with E-state index in [4.69, 9.17) is 4.98 Å². The Bertz CT molecular complexity index is 1010. The van der Waals surface area contributed by atoms with Gasteiger partial charge in [0.25, 0.3) is 5.56 Å². The highest BCUT2D eigenvalue weighted by Crippen LogP contribution is 2.20. The topological polar surface area (TPSA) is 95.6 Å². The fraction of sp³-hybridized carbons (Fsp3) is 0.368. The second-order valence-electron chi connectivity index (χ2n) is 6.40. The Labute approximate surface area is 175 Å². The normalized spacial score (nSPS) is 13.0. The van der Waals surface area contributed by atoms with Crippen molar-refractivity contribution in [2.75, 3.05) is 18.4 Å². The quantitative estimate of drug-likeness (QED) is 0.597. The van der Waals surface area contributed by atoms with Gasteiger partial charge in [-0.25, -0.2) is 15.0 Å². The van der Waals surface area contributed by atoms with Crippen LogP contribution >= 0.6 is 24.8 Å². The second-order valence-corrected chi connectivity index (χ2v) is 6.40. The first-order chi connectivity index (χ1) is 12.7. The lowest BCUT2D eigenvalue weighted by Gasteiger charge is -2.14. The van der Waals surface area contributed by atoms with Crippen molar-refractivity contribution in [2.24, 2.45) is 0 Å². The third-order valence-electron chi connectivity index (χ3n) is 4.63. The van der Waals surface area contributed by atoms with Gasteiger partial charge in [0.05, 0.1) is 23.1 Å². The molecule has 0 saturated carbocycles. The zero-order valence-corrected chi connectivity index (χ0v) is 17.3. The summed E-state index contributed by atoms with van der Waals surface area (Å²) in [5.74, 6) is 2.30. The van der Waals surface area contributed by atoms with Gasteiger partial charge in [-0.3, -0.25) is 4.79 Å². The highest BCUT2D eigenvalue weighted by Gasteiger charge is 2.16.